The van der Waals surface area contributed by atoms with Crippen LogP contribution in [0.15, 0.2) is 17.5 Å². The monoisotopic (exact) mass is 291 g/mol. The van der Waals surface area contributed by atoms with Crippen LogP contribution >= 0.6 is 11.3 Å². The maximum absolute atomic E-state index is 11.7. The van der Waals surface area contributed by atoms with E-state index in [9.17, 15) is 13.2 Å². The van der Waals surface area contributed by atoms with Gasteiger partial charge in [0.25, 0.3) is 0 Å². The molecule has 18 heavy (non-hydrogen) atoms. The summed E-state index contributed by atoms with van der Waals surface area (Å²) in [6.07, 6.45) is 0.532. The van der Waals surface area contributed by atoms with E-state index in [1.54, 1.807) is 13.0 Å². The highest BCUT2D eigenvalue weighted by atomic mass is 32.2. The predicted octanol–water partition coefficient (Wildman–Crippen LogP) is 1.68. The number of esters is 1. The quantitative estimate of drug-likeness (QED) is 0.776. The van der Waals surface area contributed by atoms with Gasteiger partial charge in [-0.3, -0.25) is 4.79 Å². The van der Waals surface area contributed by atoms with Crippen LogP contribution in [0.4, 0.5) is 0 Å². The third-order valence-corrected chi connectivity index (χ3v) is 4.86. The Bertz CT molecular complexity index is 467. The Hall–Kier alpha value is -0.920. The number of carbonyl (C=O) groups excluding carboxylic acids is 1. The van der Waals surface area contributed by atoms with Crippen LogP contribution < -0.4 is 4.72 Å². The van der Waals surface area contributed by atoms with Gasteiger partial charge in [-0.05, 0) is 17.9 Å². The van der Waals surface area contributed by atoms with E-state index in [4.69, 9.17) is 0 Å². The molecule has 0 aliphatic heterocycles. The van der Waals surface area contributed by atoms with E-state index in [1.165, 1.54) is 18.4 Å². The molecule has 1 aromatic rings. The number of ether oxygens (including phenoxy) is 1. The highest BCUT2D eigenvalue weighted by molar-refractivity contribution is 7.89. The molecule has 0 aliphatic rings. The zero-order chi connectivity index (χ0) is 13.6. The molecule has 0 spiro atoms. The SMILES string of the molecule is CCCS(=O)(=O)NC(CC(=O)OC)c1cccs1. The van der Waals surface area contributed by atoms with E-state index >= 15 is 0 Å². The van der Waals surface area contributed by atoms with Gasteiger partial charge in [-0.25, -0.2) is 13.1 Å². The smallest absolute Gasteiger partial charge is 0.307 e. The molecule has 0 saturated heterocycles. The van der Waals surface area contributed by atoms with Crippen LogP contribution in [0.25, 0.3) is 0 Å². The molecule has 0 fully saturated rings. The molecule has 7 heteroatoms. The Balaban J connectivity index is 2.82. The topological polar surface area (TPSA) is 72.5 Å². The average molecular weight is 291 g/mol. The van der Waals surface area contributed by atoms with Crippen molar-refractivity contribution in [1.82, 2.24) is 4.72 Å². The lowest BCUT2D eigenvalue weighted by molar-refractivity contribution is -0.141. The molecule has 102 valence electrons. The highest BCUT2D eigenvalue weighted by Crippen LogP contribution is 2.23. The molecule has 1 aromatic heterocycles. The van der Waals surface area contributed by atoms with Gasteiger partial charge in [0.05, 0.1) is 25.3 Å². The summed E-state index contributed by atoms with van der Waals surface area (Å²) in [6.45, 7) is 1.79. The average Bonchev–Trinajstić information content (AvgIpc) is 2.80. The molecule has 1 unspecified atom stereocenters. The summed E-state index contributed by atoms with van der Waals surface area (Å²) < 4.78 is 30.6. The van der Waals surface area contributed by atoms with Crippen LogP contribution in [0.2, 0.25) is 0 Å². The van der Waals surface area contributed by atoms with E-state index < -0.39 is 22.0 Å². The minimum Gasteiger partial charge on any atom is -0.469 e. The minimum absolute atomic E-state index is 0.0000420. The van der Waals surface area contributed by atoms with Crippen molar-refractivity contribution < 1.29 is 17.9 Å². The fraction of sp³-hybridized carbons (Fsp3) is 0.545. The van der Waals surface area contributed by atoms with Gasteiger partial charge in [0.2, 0.25) is 10.0 Å². The lowest BCUT2D eigenvalue weighted by Crippen LogP contribution is -2.31. The summed E-state index contributed by atoms with van der Waals surface area (Å²) in [4.78, 5) is 12.1. The zero-order valence-electron chi connectivity index (χ0n) is 10.4. The molecule has 0 saturated carbocycles. The van der Waals surface area contributed by atoms with Crippen LogP contribution in [-0.4, -0.2) is 27.2 Å². The number of rotatable bonds is 7. The fourth-order valence-electron chi connectivity index (χ4n) is 1.48. The number of nitrogens with one attached hydrogen (secondary N) is 1. The van der Waals surface area contributed by atoms with E-state index in [0.717, 1.165) is 4.88 Å². The van der Waals surface area contributed by atoms with Gasteiger partial charge in [-0.15, -0.1) is 11.3 Å². The first-order valence-corrected chi connectivity index (χ1v) is 8.12. The second-order valence-electron chi connectivity index (χ2n) is 3.78. The summed E-state index contributed by atoms with van der Waals surface area (Å²) in [5, 5.41) is 1.84. The van der Waals surface area contributed by atoms with Gasteiger partial charge < -0.3 is 4.74 Å². The van der Waals surface area contributed by atoms with Crippen LogP contribution in [0.3, 0.4) is 0 Å². The Morgan fingerprint density at radius 3 is 2.78 bits per heavy atom. The van der Waals surface area contributed by atoms with E-state index in [2.05, 4.69) is 9.46 Å². The third kappa shape index (κ3) is 4.75. The molecule has 5 nitrogen and oxygen atoms in total. The van der Waals surface area contributed by atoms with Gasteiger partial charge >= 0.3 is 5.97 Å². The molecule has 1 rings (SSSR count). The Kier molecular flexibility index (Phi) is 5.77. The number of sulfonamides is 1. The molecule has 1 N–H and O–H groups in total. The number of hydrogen-bond donors (Lipinski definition) is 1. The summed E-state index contributed by atoms with van der Waals surface area (Å²) in [7, 11) is -2.08. The van der Waals surface area contributed by atoms with Crippen LogP contribution in [0.5, 0.6) is 0 Å². The van der Waals surface area contributed by atoms with Crippen molar-refractivity contribution in [3.63, 3.8) is 0 Å². The fourth-order valence-corrected chi connectivity index (χ4v) is 3.64. The van der Waals surface area contributed by atoms with E-state index in [1.807, 2.05) is 11.4 Å². The zero-order valence-corrected chi connectivity index (χ0v) is 12.0. The first-order valence-electron chi connectivity index (χ1n) is 5.58. The molecule has 0 aliphatic carbocycles. The Morgan fingerprint density at radius 1 is 1.56 bits per heavy atom. The van der Waals surface area contributed by atoms with Crippen molar-refractivity contribution in [2.75, 3.05) is 12.9 Å². The normalized spacial score (nSPS) is 13.2. The summed E-state index contributed by atoms with van der Waals surface area (Å²) >= 11 is 1.41. The molecule has 0 aromatic carbocycles. The van der Waals surface area contributed by atoms with Crippen molar-refractivity contribution in [2.45, 2.75) is 25.8 Å². The summed E-state index contributed by atoms with van der Waals surface area (Å²) in [5.41, 5.74) is 0. The van der Waals surface area contributed by atoms with Gasteiger partial charge in [-0.2, -0.15) is 0 Å². The second-order valence-corrected chi connectivity index (χ2v) is 6.64. The van der Waals surface area contributed by atoms with Gasteiger partial charge in [0.15, 0.2) is 0 Å². The molecule has 0 bridgehead atoms. The van der Waals surface area contributed by atoms with Crippen LogP contribution in [0.1, 0.15) is 30.7 Å². The van der Waals surface area contributed by atoms with Crippen molar-refractivity contribution in [3.8, 4) is 0 Å². The lowest BCUT2D eigenvalue weighted by atomic mass is 10.2. The Labute approximate surface area is 111 Å². The van der Waals surface area contributed by atoms with Crippen molar-refractivity contribution in [1.29, 1.82) is 0 Å². The van der Waals surface area contributed by atoms with E-state index in [0.29, 0.717) is 6.42 Å². The maximum Gasteiger partial charge on any atom is 0.307 e. The minimum atomic E-state index is -3.36. The molecular formula is C11H17NO4S2. The van der Waals surface area contributed by atoms with Gasteiger partial charge in [-0.1, -0.05) is 13.0 Å². The summed E-state index contributed by atoms with van der Waals surface area (Å²) in [6, 6.07) is 3.07. The molecule has 0 radical (unpaired) electrons. The molecule has 1 atom stereocenters. The Morgan fingerprint density at radius 2 is 2.28 bits per heavy atom. The predicted molar refractivity (Wildman–Crippen MR) is 70.9 cm³/mol. The van der Waals surface area contributed by atoms with Gasteiger partial charge in [0.1, 0.15) is 0 Å². The van der Waals surface area contributed by atoms with Crippen molar-refractivity contribution >= 4 is 27.3 Å². The number of methoxy groups -OCH3 is 1. The number of thiophene rings is 1. The highest BCUT2D eigenvalue weighted by Gasteiger charge is 2.22. The third-order valence-electron chi connectivity index (χ3n) is 2.28. The second kappa shape index (κ2) is 6.86. The van der Waals surface area contributed by atoms with Crippen molar-refractivity contribution in [3.05, 3.63) is 22.4 Å². The van der Waals surface area contributed by atoms with Crippen LogP contribution in [-0.2, 0) is 19.6 Å². The number of hydrogen-bond acceptors (Lipinski definition) is 5. The van der Waals surface area contributed by atoms with Crippen LogP contribution in [0, 0.1) is 0 Å². The first-order chi connectivity index (χ1) is 8.48. The number of carbonyl (C=O) groups is 1. The molecule has 0 amide bonds. The van der Waals surface area contributed by atoms with E-state index in [-0.39, 0.29) is 12.2 Å². The lowest BCUT2D eigenvalue weighted by Gasteiger charge is -2.16. The standard InChI is InChI=1S/C11H17NO4S2/c1-3-7-18(14,15)12-9(8-11(13)16-2)10-5-4-6-17-10/h4-6,9,12H,3,7-8H2,1-2H3. The van der Waals surface area contributed by atoms with Crippen molar-refractivity contribution in [2.24, 2.45) is 0 Å². The van der Waals surface area contributed by atoms with Gasteiger partial charge in [0, 0.05) is 4.88 Å². The molecule has 1 heterocycles. The maximum atomic E-state index is 11.7. The summed E-state index contributed by atoms with van der Waals surface area (Å²) in [5.74, 6) is -0.386. The largest absolute Gasteiger partial charge is 0.469 e. The molecular weight excluding hydrogens is 274 g/mol. The first kappa shape index (κ1) is 15.1.